The van der Waals surface area contributed by atoms with E-state index in [1.165, 1.54) is 67.6 Å². The zero-order valence-corrected chi connectivity index (χ0v) is 18.0. The Balaban J connectivity index is 1.43. The van der Waals surface area contributed by atoms with Gasteiger partial charge < -0.3 is 5.21 Å². The molecule has 0 unspecified atom stereocenters. The van der Waals surface area contributed by atoms with Crippen LogP contribution in [0.2, 0.25) is 5.02 Å². The number of nitrogens with zero attached hydrogens (tertiary/aromatic N) is 1. The number of ketones is 1. The van der Waals surface area contributed by atoms with E-state index in [1.54, 1.807) is 12.1 Å². The third-order valence-corrected chi connectivity index (χ3v) is 7.97. The van der Waals surface area contributed by atoms with Crippen LogP contribution in [0.15, 0.2) is 71.9 Å². The van der Waals surface area contributed by atoms with Crippen LogP contribution in [-0.4, -0.2) is 14.2 Å². The molecule has 3 aliphatic carbocycles. The topological polar surface area (TPSA) is 90.2 Å². The molecule has 8 heteroatoms. The minimum Gasteiger partial charge on any atom is -0.619 e. The maximum atomic E-state index is 13.0. The zero-order chi connectivity index (χ0) is 21.8. The predicted octanol–water partition coefficient (Wildman–Crippen LogP) is 4.06. The minimum absolute atomic E-state index is 0.102. The fourth-order valence-corrected chi connectivity index (χ4v) is 5.79. The molecule has 3 saturated carbocycles. The molecule has 1 N–H and O–H groups in total. The molecule has 0 aliphatic heterocycles. The number of carbonyl (C=O) groups excluding carboxylic acids is 1. The first-order valence-electron chi connectivity index (χ1n) is 9.92. The molecule has 0 atom stereocenters. The summed E-state index contributed by atoms with van der Waals surface area (Å²) in [6.07, 6.45) is 5.99. The van der Waals surface area contributed by atoms with Gasteiger partial charge in [-0.25, -0.2) is 8.42 Å². The highest BCUT2D eigenvalue weighted by atomic mass is 35.5. The molecule has 3 fully saturated rings. The lowest BCUT2D eigenvalue weighted by Crippen LogP contribution is -2.55. The molecule has 3 aliphatic rings. The Morgan fingerprint density at radius 2 is 1.68 bits per heavy atom. The first-order valence-corrected chi connectivity index (χ1v) is 11.8. The third-order valence-electron chi connectivity index (χ3n) is 6.35. The molecule has 158 valence electrons. The van der Waals surface area contributed by atoms with Crippen LogP contribution in [0.1, 0.15) is 40.7 Å². The predicted molar refractivity (Wildman–Crippen MR) is 117 cm³/mol. The number of carbonyl (C=O) groups is 1. The molecule has 0 radical (unpaired) electrons. The van der Waals surface area contributed by atoms with Gasteiger partial charge in [-0.2, -0.15) is 4.73 Å². The van der Waals surface area contributed by atoms with Crippen LogP contribution >= 0.6 is 11.6 Å². The SMILES string of the molecule is O=C(c1cc[n+]([O-])cc1)c1cc(Cl)ccc1NS(=O)(=O)c1ccc(C23CC(C2)C3)cc1. The van der Waals surface area contributed by atoms with Crippen molar-refractivity contribution in [2.45, 2.75) is 29.6 Å². The van der Waals surface area contributed by atoms with Crippen LogP contribution in [0.4, 0.5) is 5.69 Å². The number of anilines is 1. The average Bonchev–Trinajstić information content (AvgIpc) is 2.67. The molecule has 1 heterocycles. The van der Waals surface area contributed by atoms with Crippen LogP contribution in [0.25, 0.3) is 0 Å². The van der Waals surface area contributed by atoms with Gasteiger partial charge in [0.2, 0.25) is 0 Å². The highest BCUT2D eigenvalue weighted by Gasteiger charge is 2.57. The molecule has 2 bridgehead atoms. The van der Waals surface area contributed by atoms with E-state index in [0.717, 1.165) is 5.92 Å². The molecular weight excluding hydrogens is 436 g/mol. The first kappa shape index (κ1) is 20.0. The number of rotatable bonds is 6. The van der Waals surface area contributed by atoms with Crippen molar-refractivity contribution in [2.24, 2.45) is 5.92 Å². The number of hydrogen-bond acceptors (Lipinski definition) is 4. The molecule has 31 heavy (non-hydrogen) atoms. The standard InChI is InChI=1S/C23H19ClN2O4S/c24-18-3-6-21(20(11-18)22(27)16-7-9-26(28)10-8-16)25-31(29,30)19-4-1-17(2-5-19)23-12-15(13-23)14-23/h1-11,15,25H,12-14H2. The normalized spacial score (nSPS) is 21.6. The number of sulfonamides is 1. The van der Waals surface area contributed by atoms with Gasteiger partial charge in [0.25, 0.3) is 10.0 Å². The van der Waals surface area contributed by atoms with E-state index in [1.807, 2.05) is 12.1 Å². The Hall–Kier alpha value is -2.90. The van der Waals surface area contributed by atoms with E-state index >= 15 is 0 Å². The second-order valence-corrected chi connectivity index (χ2v) is 10.5. The van der Waals surface area contributed by atoms with Crippen LogP contribution in [-0.2, 0) is 15.4 Å². The maximum absolute atomic E-state index is 13.0. The van der Waals surface area contributed by atoms with Crippen LogP contribution in [0.5, 0.6) is 0 Å². The highest BCUT2D eigenvalue weighted by Crippen LogP contribution is 2.65. The maximum Gasteiger partial charge on any atom is 0.261 e. The van der Waals surface area contributed by atoms with Crippen molar-refractivity contribution >= 4 is 33.1 Å². The van der Waals surface area contributed by atoms with Gasteiger partial charge in [0.1, 0.15) is 0 Å². The molecular formula is C23H19ClN2O4S. The second kappa shape index (κ2) is 7.07. The Bertz CT molecular complexity index is 1270. The summed E-state index contributed by atoms with van der Waals surface area (Å²) < 4.78 is 29.1. The van der Waals surface area contributed by atoms with Gasteiger partial charge in [0.05, 0.1) is 10.6 Å². The number of aromatic nitrogens is 1. The summed E-state index contributed by atoms with van der Waals surface area (Å²) in [7, 11) is -3.91. The summed E-state index contributed by atoms with van der Waals surface area (Å²) in [5.41, 5.74) is 1.92. The van der Waals surface area contributed by atoms with Crippen LogP contribution in [0.3, 0.4) is 0 Å². The number of hydrogen-bond donors (Lipinski definition) is 1. The van der Waals surface area contributed by atoms with Gasteiger partial charge in [-0.3, -0.25) is 9.52 Å². The fraction of sp³-hybridized carbons (Fsp3) is 0.217. The monoisotopic (exact) mass is 454 g/mol. The molecule has 0 saturated heterocycles. The summed E-state index contributed by atoms with van der Waals surface area (Å²) in [6.45, 7) is 0. The van der Waals surface area contributed by atoms with Gasteiger partial charge in [0, 0.05) is 28.3 Å². The first-order chi connectivity index (χ1) is 14.8. The van der Waals surface area contributed by atoms with E-state index in [0.29, 0.717) is 9.75 Å². The van der Waals surface area contributed by atoms with Gasteiger partial charge >= 0.3 is 0 Å². The zero-order valence-electron chi connectivity index (χ0n) is 16.4. The lowest BCUT2D eigenvalue weighted by molar-refractivity contribution is -0.605. The third kappa shape index (κ3) is 3.47. The van der Waals surface area contributed by atoms with Crippen molar-refractivity contribution in [3.05, 3.63) is 93.9 Å². The number of nitrogens with one attached hydrogen (secondary N) is 1. The van der Waals surface area contributed by atoms with Crippen molar-refractivity contribution in [1.82, 2.24) is 0 Å². The number of halogens is 1. The van der Waals surface area contributed by atoms with Crippen molar-refractivity contribution in [3.8, 4) is 0 Å². The largest absolute Gasteiger partial charge is 0.619 e. The molecule has 6 rings (SSSR count). The quantitative estimate of drug-likeness (QED) is 0.345. The Kier molecular flexibility index (Phi) is 4.57. The van der Waals surface area contributed by atoms with Crippen molar-refractivity contribution in [1.29, 1.82) is 0 Å². The molecule has 6 nitrogen and oxygen atoms in total. The molecule has 0 amide bonds. The summed E-state index contributed by atoms with van der Waals surface area (Å²) in [5.74, 6) is 0.397. The summed E-state index contributed by atoms with van der Waals surface area (Å²) in [5, 5.41) is 11.5. The fourth-order valence-electron chi connectivity index (χ4n) is 4.54. The Labute approximate surface area is 185 Å². The lowest BCUT2D eigenvalue weighted by atomic mass is 9.42. The molecule has 2 aromatic carbocycles. The van der Waals surface area contributed by atoms with Crippen LogP contribution < -0.4 is 9.45 Å². The van der Waals surface area contributed by atoms with E-state index in [-0.39, 0.29) is 27.1 Å². The van der Waals surface area contributed by atoms with Gasteiger partial charge in [-0.15, -0.1) is 0 Å². The van der Waals surface area contributed by atoms with E-state index in [9.17, 15) is 18.4 Å². The summed E-state index contributed by atoms with van der Waals surface area (Å²) in [4.78, 5) is 13.1. The average molecular weight is 455 g/mol. The van der Waals surface area contributed by atoms with Crippen molar-refractivity contribution < 1.29 is 17.9 Å². The molecule has 3 aromatic rings. The van der Waals surface area contributed by atoms with E-state index < -0.39 is 15.8 Å². The van der Waals surface area contributed by atoms with Crippen molar-refractivity contribution in [3.63, 3.8) is 0 Å². The van der Waals surface area contributed by atoms with Gasteiger partial charge in [-0.1, -0.05) is 23.7 Å². The minimum atomic E-state index is -3.91. The van der Waals surface area contributed by atoms with Crippen LogP contribution in [0, 0.1) is 11.1 Å². The van der Waals surface area contributed by atoms with Gasteiger partial charge in [0.15, 0.2) is 18.2 Å². The lowest BCUT2D eigenvalue weighted by Gasteiger charge is -2.62. The van der Waals surface area contributed by atoms with E-state index in [4.69, 9.17) is 11.6 Å². The summed E-state index contributed by atoms with van der Waals surface area (Å²) >= 11 is 6.06. The van der Waals surface area contributed by atoms with Gasteiger partial charge in [-0.05, 0) is 66.5 Å². The van der Waals surface area contributed by atoms with Crippen molar-refractivity contribution in [2.75, 3.05) is 4.72 Å². The molecule has 1 aromatic heterocycles. The van der Waals surface area contributed by atoms with E-state index in [2.05, 4.69) is 4.72 Å². The summed E-state index contributed by atoms with van der Waals surface area (Å²) in [6, 6.07) is 14.1. The highest BCUT2D eigenvalue weighted by molar-refractivity contribution is 7.92. The number of pyridine rings is 1. The molecule has 0 spiro atoms. The number of benzene rings is 2. The second-order valence-electron chi connectivity index (χ2n) is 8.35. The smallest absolute Gasteiger partial charge is 0.261 e. The Morgan fingerprint density at radius 1 is 1.03 bits per heavy atom. The Morgan fingerprint density at radius 3 is 2.26 bits per heavy atom.